The largest absolute Gasteiger partial charge is 0.478 e. The normalized spacial score (nSPS) is 14.1. The van der Waals surface area contributed by atoms with Crippen LogP contribution in [0.15, 0.2) is 53.3 Å². The summed E-state index contributed by atoms with van der Waals surface area (Å²) in [5, 5.41) is 4.04. The van der Waals surface area contributed by atoms with Crippen LogP contribution in [-0.4, -0.2) is 39.8 Å². The SMILES string of the molecule is COn1c(NC(c2ccc(Cl)cc2)C(C)C)nc2c(c1=O)CN(C(=O)C(C)(C)Oc1ccc(N)cc1)CC2. The minimum atomic E-state index is -1.15. The first-order valence-electron chi connectivity index (χ1n) is 12.6. The van der Waals surface area contributed by atoms with Crippen LogP contribution in [0.4, 0.5) is 11.6 Å². The van der Waals surface area contributed by atoms with Crippen molar-refractivity contribution < 1.29 is 14.4 Å². The Morgan fingerprint density at radius 3 is 2.39 bits per heavy atom. The number of nitrogens with zero attached hydrogens (tertiary/aromatic N) is 3. The summed E-state index contributed by atoms with van der Waals surface area (Å²) in [6.45, 7) is 8.11. The van der Waals surface area contributed by atoms with E-state index in [9.17, 15) is 9.59 Å². The number of hydrogen-bond acceptors (Lipinski definition) is 7. The summed E-state index contributed by atoms with van der Waals surface area (Å²) < 4.78 is 7.13. The molecule has 1 aromatic heterocycles. The molecule has 1 unspecified atom stereocenters. The lowest BCUT2D eigenvalue weighted by atomic mass is 9.96. The van der Waals surface area contributed by atoms with Crippen LogP contribution in [0.25, 0.3) is 0 Å². The molecule has 1 amide bonds. The lowest BCUT2D eigenvalue weighted by Gasteiger charge is -2.35. The predicted octanol–water partition coefficient (Wildman–Crippen LogP) is 4.09. The molecule has 9 nitrogen and oxygen atoms in total. The van der Waals surface area contributed by atoms with Gasteiger partial charge in [0.15, 0.2) is 5.60 Å². The lowest BCUT2D eigenvalue weighted by molar-refractivity contribution is -0.146. The number of nitrogen functional groups attached to an aromatic ring is 1. The van der Waals surface area contributed by atoms with E-state index in [1.54, 1.807) is 43.0 Å². The summed E-state index contributed by atoms with van der Waals surface area (Å²) in [4.78, 5) is 38.8. The molecule has 202 valence electrons. The van der Waals surface area contributed by atoms with Crippen LogP contribution < -0.4 is 26.2 Å². The van der Waals surface area contributed by atoms with Gasteiger partial charge in [0.05, 0.1) is 23.8 Å². The molecule has 3 N–H and O–H groups in total. The summed E-state index contributed by atoms with van der Waals surface area (Å²) in [5.41, 5.74) is 6.94. The van der Waals surface area contributed by atoms with Crippen LogP contribution in [0.2, 0.25) is 5.02 Å². The van der Waals surface area contributed by atoms with E-state index in [0.29, 0.717) is 46.6 Å². The molecule has 4 rings (SSSR count). The van der Waals surface area contributed by atoms with E-state index < -0.39 is 5.60 Å². The molecule has 38 heavy (non-hydrogen) atoms. The molecule has 10 heteroatoms. The zero-order chi connectivity index (χ0) is 27.6. The Balaban J connectivity index is 1.58. The van der Waals surface area contributed by atoms with Crippen molar-refractivity contribution in [1.82, 2.24) is 14.6 Å². The zero-order valence-electron chi connectivity index (χ0n) is 22.3. The quantitative estimate of drug-likeness (QED) is 0.415. The Morgan fingerprint density at radius 1 is 1.13 bits per heavy atom. The smallest absolute Gasteiger partial charge is 0.293 e. The van der Waals surface area contributed by atoms with E-state index in [2.05, 4.69) is 19.2 Å². The minimum absolute atomic E-state index is 0.114. The molecule has 0 saturated carbocycles. The second kappa shape index (κ2) is 10.9. The Bertz CT molecular complexity index is 1350. The Morgan fingerprint density at radius 2 is 1.79 bits per heavy atom. The molecule has 0 fully saturated rings. The van der Waals surface area contributed by atoms with E-state index in [-0.39, 0.29) is 30.0 Å². The summed E-state index contributed by atoms with van der Waals surface area (Å²) >= 11 is 6.07. The average Bonchev–Trinajstić information content (AvgIpc) is 2.88. The number of rotatable bonds is 8. The first-order chi connectivity index (χ1) is 18.0. The summed E-state index contributed by atoms with van der Waals surface area (Å²) in [6, 6.07) is 14.3. The van der Waals surface area contributed by atoms with Gasteiger partial charge in [-0.25, -0.2) is 4.98 Å². The number of hydrogen-bond donors (Lipinski definition) is 2. The number of anilines is 2. The van der Waals surface area contributed by atoms with Crippen LogP contribution in [0.5, 0.6) is 5.75 Å². The van der Waals surface area contributed by atoms with Crippen molar-refractivity contribution in [3.05, 3.63) is 80.7 Å². The number of carbonyl (C=O) groups excluding carboxylic acids is 1. The van der Waals surface area contributed by atoms with Gasteiger partial charge < -0.3 is 25.5 Å². The van der Waals surface area contributed by atoms with Gasteiger partial charge in [0, 0.05) is 23.7 Å². The standard InChI is InChI=1S/C28H34ClN5O4/c1-17(2)24(18-6-8-19(29)9-7-18)32-27-31-23-14-15-33(16-22(23)25(35)34(27)37-5)26(36)28(3,4)38-21-12-10-20(30)11-13-21/h6-13,17,24H,14-16,30H2,1-5H3,(H,31,32). The Hall–Kier alpha value is -3.72. The molecule has 2 heterocycles. The molecule has 0 spiro atoms. The molecule has 3 aromatic rings. The fraction of sp³-hybridized carbons (Fsp3) is 0.393. The third-order valence-corrected chi connectivity index (χ3v) is 6.86. The molecule has 0 aliphatic carbocycles. The number of carbonyl (C=O) groups is 1. The number of nitrogens with two attached hydrogens (primary N) is 1. The van der Waals surface area contributed by atoms with Crippen LogP contribution >= 0.6 is 11.6 Å². The van der Waals surface area contributed by atoms with Crippen molar-refractivity contribution in [3.63, 3.8) is 0 Å². The van der Waals surface area contributed by atoms with E-state index in [4.69, 9.17) is 31.9 Å². The van der Waals surface area contributed by atoms with Crippen molar-refractivity contribution in [1.29, 1.82) is 0 Å². The maximum Gasteiger partial charge on any atom is 0.293 e. The first-order valence-corrected chi connectivity index (χ1v) is 12.9. The van der Waals surface area contributed by atoms with Crippen molar-refractivity contribution in [2.45, 2.75) is 52.3 Å². The van der Waals surface area contributed by atoms with Gasteiger partial charge >= 0.3 is 0 Å². The zero-order valence-corrected chi connectivity index (χ0v) is 23.1. The van der Waals surface area contributed by atoms with Gasteiger partial charge in [-0.1, -0.05) is 37.6 Å². The maximum atomic E-state index is 13.5. The van der Waals surface area contributed by atoms with Crippen molar-refractivity contribution in [2.75, 3.05) is 24.7 Å². The number of ether oxygens (including phenoxy) is 1. The third kappa shape index (κ3) is 5.72. The highest BCUT2D eigenvalue weighted by atomic mass is 35.5. The second-order valence-electron chi connectivity index (χ2n) is 10.2. The highest BCUT2D eigenvalue weighted by Gasteiger charge is 2.37. The molecular formula is C28H34ClN5O4. The van der Waals surface area contributed by atoms with Gasteiger partial charge in [-0.2, -0.15) is 0 Å². The lowest BCUT2D eigenvalue weighted by Crippen LogP contribution is -2.51. The average molecular weight is 540 g/mol. The first kappa shape index (κ1) is 27.3. The van der Waals surface area contributed by atoms with Crippen LogP contribution in [0.1, 0.15) is 50.6 Å². The number of aromatic nitrogens is 2. The van der Waals surface area contributed by atoms with Crippen molar-refractivity contribution in [3.8, 4) is 5.75 Å². The molecule has 1 aliphatic heterocycles. The molecule has 0 saturated heterocycles. The topological polar surface area (TPSA) is 112 Å². The van der Waals surface area contributed by atoms with Gasteiger partial charge in [0.2, 0.25) is 5.95 Å². The van der Waals surface area contributed by atoms with Gasteiger partial charge in [-0.3, -0.25) is 9.59 Å². The Labute approximate surface area is 227 Å². The molecule has 0 bridgehead atoms. The number of halogens is 1. The van der Waals surface area contributed by atoms with E-state index in [0.717, 1.165) is 10.3 Å². The molecular weight excluding hydrogens is 506 g/mol. The third-order valence-electron chi connectivity index (χ3n) is 6.61. The molecule has 2 aromatic carbocycles. The van der Waals surface area contributed by atoms with Gasteiger partial charge in [0.25, 0.3) is 11.5 Å². The number of amides is 1. The summed E-state index contributed by atoms with van der Waals surface area (Å²) in [7, 11) is 1.42. The van der Waals surface area contributed by atoms with Gasteiger partial charge in [-0.15, -0.1) is 4.73 Å². The highest BCUT2D eigenvalue weighted by molar-refractivity contribution is 6.30. The monoisotopic (exact) mass is 539 g/mol. The van der Waals surface area contributed by atoms with E-state index >= 15 is 0 Å². The highest BCUT2D eigenvalue weighted by Crippen LogP contribution is 2.28. The fourth-order valence-electron chi connectivity index (χ4n) is 4.59. The predicted molar refractivity (Wildman–Crippen MR) is 148 cm³/mol. The van der Waals surface area contributed by atoms with Gasteiger partial charge in [0.1, 0.15) is 12.9 Å². The fourth-order valence-corrected chi connectivity index (χ4v) is 4.72. The Kier molecular flexibility index (Phi) is 7.87. The number of nitrogens with one attached hydrogen (secondary N) is 1. The van der Waals surface area contributed by atoms with Gasteiger partial charge in [-0.05, 0) is 61.7 Å². The minimum Gasteiger partial charge on any atom is -0.478 e. The molecule has 1 aliphatic rings. The summed E-state index contributed by atoms with van der Waals surface area (Å²) in [6.07, 6.45) is 0.431. The number of benzene rings is 2. The van der Waals surface area contributed by atoms with E-state index in [1.165, 1.54) is 7.11 Å². The van der Waals surface area contributed by atoms with Crippen molar-refractivity contribution >= 4 is 29.1 Å². The van der Waals surface area contributed by atoms with Crippen LogP contribution in [0.3, 0.4) is 0 Å². The van der Waals surface area contributed by atoms with Crippen molar-refractivity contribution in [2.24, 2.45) is 5.92 Å². The van der Waals surface area contributed by atoms with E-state index in [1.807, 2.05) is 24.3 Å². The molecule has 1 atom stereocenters. The van der Waals surface area contributed by atoms with Crippen LogP contribution in [0, 0.1) is 5.92 Å². The second-order valence-corrected chi connectivity index (χ2v) is 10.7. The maximum absolute atomic E-state index is 13.5. The van der Waals surface area contributed by atoms with Crippen LogP contribution in [-0.2, 0) is 17.8 Å². The number of fused-ring (bicyclic) bond motifs is 1. The molecule has 0 radical (unpaired) electrons. The summed E-state index contributed by atoms with van der Waals surface area (Å²) in [5.74, 6) is 0.810.